The summed E-state index contributed by atoms with van der Waals surface area (Å²) >= 11 is 5.73. The molecule has 1 unspecified atom stereocenters. The van der Waals surface area contributed by atoms with Crippen LogP contribution in [0.5, 0.6) is 0 Å². The molecular formula is C9H11ClF3N3. The fourth-order valence-corrected chi connectivity index (χ4v) is 1.36. The first kappa shape index (κ1) is 13.0. The van der Waals surface area contributed by atoms with Crippen molar-refractivity contribution in [3.8, 4) is 0 Å². The molecule has 0 aliphatic rings. The second kappa shape index (κ2) is 4.86. The lowest BCUT2D eigenvalue weighted by Gasteiger charge is -2.18. The normalized spacial score (nSPS) is 13.6. The van der Waals surface area contributed by atoms with E-state index >= 15 is 0 Å². The van der Waals surface area contributed by atoms with Crippen LogP contribution in [-0.4, -0.2) is 28.9 Å². The minimum atomic E-state index is -4.45. The molecule has 0 saturated carbocycles. The Morgan fingerprint density at radius 3 is 2.62 bits per heavy atom. The van der Waals surface area contributed by atoms with Gasteiger partial charge in [0.05, 0.1) is 0 Å². The molecule has 1 heterocycles. The van der Waals surface area contributed by atoms with Gasteiger partial charge < -0.3 is 4.90 Å². The van der Waals surface area contributed by atoms with Crippen LogP contribution < -0.4 is 4.90 Å². The molecule has 3 nitrogen and oxygen atoms in total. The maximum Gasteiger partial charge on any atom is 0.433 e. The highest BCUT2D eigenvalue weighted by Gasteiger charge is 2.33. The summed E-state index contributed by atoms with van der Waals surface area (Å²) in [5.74, 6) is 0.0160. The molecule has 0 bridgehead atoms. The second-order valence-corrected chi connectivity index (χ2v) is 4.15. The van der Waals surface area contributed by atoms with Crippen molar-refractivity contribution in [2.75, 3.05) is 18.5 Å². The van der Waals surface area contributed by atoms with Crippen molar-refractivity contribution in [1.29, 1.82) is 0 Å². The van der Waals surface area contributed by atoms with Crippen molar-refractivity contribution in [1.82, 2.24) is 9.97 Å². The summed E-state index contributed by atoms with van der Waals surface area (Å²) in [5, 5.41) is -0.192. The van der Waals surface area contributed by atoms with Gasteiger partial charge in [-0.05, 0) is 13.0 Å². The molecule has 1 aromatic heterocycles. The number of hydrogen-bond acceptors (Lipinski definition) is 3. The molecule has 0 spiro atoms. The average Bonchev–Trinajstić information content (AvgIpc) is 2.15. The molecule has 0 N–H and O–H groups in total. The first-order valence-electron chi connectivity index (χ1n) is 4.56. The van der Waals surface area contributed by atoms with Crippen molar-refractivity contribution < 1.29 is 13.2 Å². The van der Waals surface area contributed by atoms with E-state index in [-0.39, 0.29) is 11.3 Å². The van der Waals surface area contributed by atoms with E-state index in [1.54, 1.807) is 14.0 Å². The zero-order valence-electron chi connectivity index (χ0n) is 8.79. The SMILES string of the molecule is CC(Cl)CN(C)c1nccc(C(F)(F)F)n1. The van der Waals surface area contributed by atoms with Crippen LogP contribution in [0, 0.1) is 0 Å². The average molecular weight is 254 g/mol. The van der Waals surface area contributed by atoms with Gasteiger partial charge in [-0.25, -0.2) is 9.97 Å². The van der Waals surface area contributed by atoms with E-state index in [1.807, 2.05) is 0 Å². The highest BCUT2D eigenvalue weighted by Crippen LogP contribution is 2.27. The van der Waals surface area contributed by atoms with Gasteiger partial charge in [-0.3, -0.25) is 0 Å². The van der Waals surface area contributed by atoms with Gasteiger partial charge in [-0.1, -0.05) is 0 Å². The molecular weight excluding hydrogens is 243 g/mol. The molecule has 0 saturated heterocycles. The molecule has 1 aromatic rings. The largest absolute Gasteiger partial charge is 0.433 e. The van der Waals surface area contributed by atoms with Crippen LogP contribution in [0.4, 0.5) is 19.1 Å². The first-order chi connectivity index (χ1) is 7.30. The van der Waals surface area contributed by atoms with Crippen LogP contribution in [0.3, 0.4) is 0 Å². The van der Waals surface area contributed by atoms with E-state index in [1.165, 1.54) is 4.90 Å². The van der Waals surface area contributed by atoms with Crippen molar-refractivity contribution in [3.05, 3.63) is 18.0 Å². The molecule has 0 fully saturated rings. The molecule has 90 valence electrons. The predicted molar refractivity (Wildman–Crippen MR) is 55.6 cm³/mol. The van der Waals surface area contributed by atoms with Crippen LogP contribution in [-0.2, 0) is 6.18 Å². The fraction of sp³-hybridized carbons (Fsp3) is 0.556. The van der Waals surface area contributed by atoms with Gasteiger partial charge >= 0.3 is 6.18 Å². The highest BCUT2D eigenvalue weighted by molar-refractivity contribution is 6.20. The lowest BCUT2D eigenvalue weighted by atomic mass is 10.4. The highest BCUT2D eigenvalue weighted by atomic mass is 35.5. The van der Waals surface area contributed by atoms with E-state index in [0.717, 1.165) is 12.3 Å². The number of nitrogens with zero attached hydrogens (tertiary/aromatic N) is 3. The zero-order valence-corrected chi connectivity index (χ0v) is 9.55. The first-order valence-corrected chi connectivity index (χ1v) is 5.00. The minimum Gasteiger partial charge on any atom is -0.342 e. The molecule has 7 heteroatoms. The van der Waals surface area contributed by atoms with Gasteiger partial charge in [0.1, 0.15) is 5.69 Å². The van der Waals surface area contributed by atoms with Crippen LogP contribution in [0.15, 0.2) is 12.3 Å². The number of rotatable bonds is 3. The van der Waals surface area contributed by atoms with Crippen LogP contribution in [0.1, 0.15) is 12.6 Å². The third-order valence-electron chi connectivity index (χ3n) is 1.80. The van der Waals surface area contributed by atoms with E-state index in [9.17, 15) is 13.2 Å². The maximum absolute atomic E-state index is 12.4. The van der Waals surface area contributed by atoms with Gasteiger partial charge in [0, 0.05) is 25.2 Å². The lowest BCUT2D eigenvalue weighted by molar-refractivity contribution is -0.141. The Hall–Kier alpha value is -1.04. The Morgan fingerprint density at radius 1 is 1.50 bits per heavy atom. The topological polar surface area (TPSA) is 29.0 Å². The van der Waals surface area contributed by atoms with Gasteiger partial charge in [-0.15, -0.1) is 11.6 Å². The minimum absolute atomic E-state index is 0.0160. The third-order valence-corrected chi connectivity index (χ3v) is 1.94. The third kappa shape index (κ3) is 3.52. The molecule has 0 amide bonds. The summed E-state index contributed by atoms with van der Waals surface area (Å²) in [6.45, 7) is 2.12. The van der Waals surface area contributed by atoms with E-state index in [0.29, 0.717) is 6.54 Å². The smallest absolute Gasteiger partial charge is 0.342 e. The number of anilines is 1. The van der Waals surface area contributed by atoms with Crippen molar-refractivity contribution in [2.45, 2.75) is 18.5 Å². The number of halogens is 4. The molecule has 0 aromatic carbocycles. The molecule has 0 aliphatic heterocycles. The second-order valence-electron chi connectivity index (χ2n) is 3.40. The quantitative estimate of drug-likeness (QED) is 0.776. The fourth-order valence-electron chi connectivity index (χ4n) is 1.15. The Labute approximate surface area is 96.3 Å². The van der Waals surface area contributed by atoms with Crippen LogP contribution in [0.2, 0.25) is 0 Å². The molecule has 0 aliphatic carbocycles. The van der Waals surface area contributed by atoms with Crippen LogP contribution >= 0.6 is 11.6 Å². The molecule has 16 heavy (non-hydrogen) atoms. The van der Waals surface area contributed by atoms with Gasteiger partial charge in [-0.2, -0.15) is 13.2 Å². The predicted octanol–water partition coefficient (Wildman–Crippen LogP) is 2.56. The summed E-state index contributed by atoms with van der Waals surface area (Å²) in [6.07, 6.45) is -3.37. The molecule has 1 atom stereocenters. The summed E-state index contributed by atoms with van der Waals surface area (Å²) in [5.41, 5.74) is -0.952. The maximum atomic E-state index is 12.4. The Balaban J connectivity index is 2.90. The van der Waals surface area contributed by atoms with Crippen molar-refractivity contribution in [3.63, 3.8) is 0 Å². The Morgan fingerprint density at radius 2 is 2.12 bits per heavy atom. The Kier molecular flexibility index (Phi) is 3.96. The summed E-state index contributed by atoms with van der Waals surface area (Å²) in [7, 11) is 1.59. The van der Waals surface area contributed by atoms with E-state index in [4.69, 9.17) is 11.6 Å². The monoisotopic (exact) mass is 253 g/mol. The summed E-state index contributed by atoms with van der Waals surface area (Å²) in [4.78, 5) is 8.67. The summed E-state index contributed by atoms with van der Waals surface area (Å²) in [6, 6.07) is 0.835. The van der Waals surface area contributed by atoms with Crippen molar-refractivity contribution in [2.24, 2.45) is 0 Å². The van der Waals surface area contributed by atoms with E-state index in [2.05, 4.69) is 9.97 Å². The number of aromatic nitrogens is 2. The lowest BCUT2D eigenvalue weighted by Crippen LogP contribution is -2.26. The van der Waals surface area contributed by atoms with Crippen LogP contribution in [0.25, 0.3) is 0 Å². The molecule has 1 rings (SSSR count). The standard InChI is InChI=1S/C9H11ClF3N3/c1-6(10)5-16(2)8-14-4-3-7(15-8)9(11,12)13/h3-4,6H,5H2,1-2H3. The number of hydrogen-bond donors (Lipinski definition) is 0. The molecule has 0 radical (unpaired) electrons. The zero-order chi connectivity index (χ0) is 12.3. The Bertz CT molecular complexity index is 354. The summed E-state index contributed by atoms with van der Waals surface area (Å²) < 4.78 is 37.1. The number of alkyl halides is 4. The van der Waals surface area contributed by atoms with Crippen molar-refractivity contribution >= 4 is 17.5 Å². The van der Waals surface area contributed by atoms with E-state index < -0.39 is 11.9 Å². The van der Waals surface area contributed by atoms with Gasteiger partial charge in [0.2, 0.25) is 5.95 Å². The van der Waals surface area contributed by atoms with Gasteiger partial charge in [0.25, 0.3) is 0 Å². The van der Waals surface area contributed by atoms with Gasteiger partial charge in [0.15, 0.2) is 0 Å².